The van der Waals surface area contributed by atoms with Crippen molar-refractivity contribution in [2.24, 2.45) is 4.99 Å². The number of nitrogens with zero attached hydrogens (tertiary/aromatic N) is 5. The first-order valence-electron chi connectivity index (χ1n) is 12.1. The zero-order valence-electron chi connectivity index (χ0n) is 20.0. The van der Waals surface area contributed by atoms with Gasteiger partial charge in [-0.05, 0) is 51.4 Å². The SMILES string of the molecule is CCOCCCNC(=NCC(c1ccco1)N1CCCCC1)NCCn1cnnc1CC.I. The van der Waals surface area contributed by atoms with Crippen LogP contribution in [-0.4, -0.2) is 71.6 Å². The number of ether oxygens (including phenoxy) is 1. The summed E-state index contributed by atoms with van der Waals surface area (Å²) >= 11 is 0. The van der Waals surface area contributed by atoms with Crippen LogP contribution >= 0.6 is 24.0 Å². The van der Waals surface area contributed by atoms with E-state index in [9.17, 15) is 0 Å². The van der Waals surface area contributed by atoms with Gasteiger partial charge in [-0.15, -0.1) is 34.2 Å². The summed E-state index contributed by atoms with van der Waals surface area (Å²) in [4.78, 5) is 7.45. The summed E-state index contributed by atoms with van der Waals surface area (Å²) in [6.45, 7) is 10.8. The molecule has 1 unspecified atom stereocenters. The summed E-state index contributed by atoms with van der Waals surface area (Å²) in [5.74, 6) is 2.81. The highest BCUT2D eigenvalue weighted by atomic mass is 127. The fraction of sp³-hybridized carbons (Fsp3) is 0.696. The first kappa shape index (κ1) is 27.6. The Labute approximate surface area is 214 Å². The Morgan fingerprint density at radius 2 is 2.03 bits per heavy atom. The molecule has 0 bridgehead atoms. The van der Waals surface area contributed by atoms with Crippen LogP contribution in [0.15, 0.2) is 34.1 Å². The van der Waals surface area contributed by atoms with Crippen molar-refractivity contribution in [1.82, 2.24) is 30.3 Å². The second kappa shape index (κ2) is 16.0. The number of nitrogens with one attached hydrogen (secondary N) is 2. The summed E-state index contributed by atoms with van der Waals surface area (Å²) in [6.07, 6.45) is 9.13. The molecule has 0 saturated carbocycles. The van der Waals surface area contributed by atoms with Gasteiger partial charge in [0.15, 0.2) is 5.96 Å². The van der Waals surface area contributed by atoms with Crippen molar-refractivity contribution in [3.63, 3.8) is 0 Å². The summed E-state index contributed by atoms with van der Waals surface area (Å²) in [5.41, 5.74) is 0. The van der Waals surface area contributed by atoms with Crippen molar-refractivity contribution in [2.75, 3.05) is 45.9 Å². The number of hydrogen-bond acceptors (Lipinski definition) is 6. The smallest absolute Gasteiger partial charge is 0.191 e. The third kappa shape index (κ3) is 9.24. The van der Waals surface area contributed by atoms with Gasteiger partial charge >= 0.3 is 0 Å². The third-order valence-corrected chi connectivity index (χ3v) is 5.74. The molecule has 1 aliphatic heterocycles. The first-order chi connectivity index (χ1) is 15.8. The lowest BCUT2D eigenvalue weighted by atomic mass is 10.1. The molecule has 1 fully saturated rings. The van der Waals surface area contributed by atoms with E-state index in [-0.39, 0.29) is 30.0 Å². The van der Waals surface area contributed by atoms with E-state index in [2.05, 4.69) is 43.3 Å². The first-order valence-corrected chi connectivity index (χ1v) is 12.1. The van der Waals surface area contributed by atoms with Crippen LogP contribution in [0.3, 0.4) is 0 Å². The zero-order chi connectivity index (χ0) is 22.4. The van der Waals surface area contributed by atoms with Crippen molar-refractivity contribution >= 4 is 29.9 Å². The van der Waals surface area contributed by atoms with Crippen LogP contribution in [0.5, 0.6) is 0 Å². The van der Waals surface area contributed by atoms with Gasteiger partial charge in [0.1, 0.15) is 17.9 Å². The lowest BCUT2D eigenvalue weighted by Gasteiger charge is -2.32. The van der Waals surface area contributed by atoms with Crippen molar-refractivity contribution in [2.45, 2.75) is 58.5 Å². The maximum Gasteiger partial charge on any atom is 0.191 e. The van der Waals surface area contributed by atoms with Crippen molar-refractivity contribution in [3.05, 3.63) is 36.3 Å². The van der Waals surface area contributed by atoms with E-state index >= 15 is 0 Å². The van der Waals surface area contributed by atoms with Gasteiger partial charge in [0, 0.05) is 39.3 Å². The highest BCUT2D eigenvalue weighted by Crippen LogP contribution is 2.25. The molecule has 1 saturated heterocycles. The van der Waals surface area contributed by atoms with E-state index in [4.69, 9.17) is 14.1 Å². The standard InChI is InChI=1S/C23H39N7O2.HI/c1-3-22-28-27-19-30(22)15-12-25-23(24-11-9-16-31-4-2)26-18-20(21-10-8-17-32-21)29-13-6-5-7-14-29;/h8,10,17,19-20H,3-7,9,11-16,18H2,1-2H3,(H2,24,25,26);1H. The molecular weight excluding hydrogens is 533 g/mol. The molecular formula is C23H40IN7O2. The van der Waals surface area contributed by atoms with Gasteiger partial charge in [0.2, 0.25) is 0 Å². The topological polar surface area (TPSA) is 92.7 Å². The molecule has 9 nitrogen and oxygen atoms in total. The Morgan fingerprint density at radius 3 is 2.76 bits per heavy atom. The lowest BCUT2D eigenvalue weighted by molar-refractivity contribution is 0.145. The van der Waals surface area contributed by atoms with Crippen molar-refractivity contribution in [3.8, 4) is 0 Å². The number of likely N-dealkylation sites (tertiary alicyclic amines) is 1. The minimum atomic E-state index is 0. The van der Waals surface area contributed by atoms with Crippen LogP contribution in [0.4, 0.5) is 0 Å². The van der Waals surface area contributed by atoms with Gasteiger partial charge in [-0.25, -0.2) is 0 Å². The van der Waals surface area contributed by atoms with E-state index in [1.807, 2.05) is 13.0 Å². The summed E-state index contributed by atoms with van der Waals surface area (Å²) in [6, 6.07) is 4.19. The van der Waals surface area contributed by atoms with Gasteiger partial charge < -0.3 is 24.4 Å². The van der Waals surface area contributed by atoms with Crippen LogP contribution in [0.1, 0.15) is 57.2 Å². The molecule has 2 aromatic heterocycles. The van der Waals surface area contributed by atoms with E-state index in [1.54, 1.807) is 12.6 Å². The van der Waals surface area contributed by atoms with E-state index in [0.29, 0.717) is 6.54 Å². The van der Waals surface area contributed by atoms with Gasteiger partial charge in [0.25, 0.3) is 0 Å². The Balaban J connectivity index is 0.00000385. The Morgan fingerprint density at radius 1 is 1.21 bits per heavy atom. The normalized spacial score (nSPS) is 15.8. The molecule has 10 heteroatoms. The fourth-order valence-electron chi connectivity index (χ4n) is 4.01. The summed E-state index contributed by atoms with van der Waals surface area (Å²) < 4.78 is 13.3. The minimum absolute atomic E-state index is 0. The van der Waals surface area contributed by atoms with Crippen molar-refractivity contribution in [1.29, 1.82) is 0 Å². The van der Waals surface area contributed by atoms with Crippen LogP contribution in [0, 0.1) is 0 Å². The molecule has 186 valence electrons. The molecule has 0 amide bonds. The number of aromatic nitrogens is 3. The highest BCUT2D eigenvalue weighted by Gasteiger charge is 2.24. The predicted molar refractivity (Wildman–Crippen MR) is 141 cm³/mol. The number of furan rings is 1. The number of piperidine rings is 1. The maximum atomic E-state index is 5.78. The molecule has 3 rings (SSSR count). The van der Waals surface area contributed by atoms with Crippen molar-refractivity contribution < 1.29 is 9.15 Å². The van der Waals surface area contributed by atoms with Gasteiger partial charge in [0.05, 0.1) is 18.8 Å². The van der Waals surface area contributed by atoms with Crippen LogP contribution in [0.25, 0.3) is 0 Å². The maximum absolute atomic E-state index is 5.78. The summed E-state index contributed by atoms with van der Waals surface area (Å²) in [5, 5.41) is 15.1. The van der Waals surface area contributed by atoms with E-state index in [1.165, 1.54) is 19.3 Å². The van der Waals surface area contributed by atoms with E-state index in [0.717, 1.165) is 76.3 Å². The molecule has 2 aromatic rings. The van der Waals surface area contributed by atoms with E-state index < -0.39 is 0 Å². The van der Waals surface area contributed by atoms with Gasteiger partial charge in [-0.3, -0.25) is 9.89 Å². The average Bonchev–Trinajstić information content (AvgIpc) is 3.51. The summed E-state index contributed by atoms with van der Waals surface area (Å²) in [7, 11) is 0. The molecule has 2 N–H and O–H groups in total. The van der Waals surface area contributed by atoms with Gasteiger partial charge in [-0.1, -0.05) is 13.3 Å². The van der Waals surface area contributed by atoms with Crippen LogP contribution in [0.2, 0.25) is 0 Å². The Hall–Kier alpha value is -1.66. The second-order valence-corrected chi connectivity index (χ2v) is 8.02. The molecule has 0 aliphatic carbocycles. The lowest BCUT2D eigenvalue weighted by Crippen LogP contribution is -2.41. The highest BCUT2D eigenvalue weighted by molar-refractivity contribution is 14.0. The predicted octanol–water partition coefficient (Wildman–Crippen LogP) is 3.24. The Kier molecular flexibility index (Phi) is 13.4. The van der Waals surface area contributed by atoms with Crippen LogP contribution in [-0.2, 0) is 17.7 Å². The molecule has 0 spiro atoms. The molecule has 3 heterocycles. The monoisotopic (exact) mass is 573 g/mol. The molecule has 1 aliphatic rings. The number of guanidine groups is 1. The second-order valence-electron chi connectivity index (χ2n) is 8.02. The molecule has 33 heavy (non-hydrogen) atoms. The van der Waals surface area contributed by atoms with Crippen LogP contribution < -0.4 is 10.6 Å². The quantitative estimate of drug-likeness (QED) is 0.165. The largest absolute Gasteiger partial charge is 0.468 e. The number of aliphatic imine (C=N–C) groups is 1. The van der Waals surface area contributed by atoms with Gasteiger partial charge in [-0.2, -0.15) is 0 Å². The minimum Gasteiger partial charge on any atom is -0.468 e. The number of hydrogen-bond donors (Lipinski definition) is 2. The number of halogens is 1. The Bertz CT molecular complexity index is 776. The fourth-order valence-corrected chi connectivity index (χ4v) is 4.01. The zero-order valence-corrected chi connectivity index (χ0v) is 22.4. The third-order valence-electron chi connectivity index (χ3n) is 5.74. The number of aryl methyl sites for hydroxylation is 1. The number of rotatable bonds is 13. The molecule has 0 radical (unpaired) electrons. The average molecular weight is 574 g/mol. The molecule has 0 aromatic carbocycles. The molecule has 1 atom stereocenters.